The van der Waals surface area contributed by atoms with Crippen LogP contribution >= 0.6 is 0 Å². The second-order valence-electron chi connectivity index (χ2n) is 3.26. The third-order valence-electron chi connectivity index (χ3n) is 1.80. The molecule has 0 aliphatic carbocycles. The first-order valence-electron chi connectivity index (χ1n) is 4.52. The first-order valence-corrected chi connectivity index (χ1v) is 4.52. The minimum atomic E-state index is 0.435. The van der Waals surface area contributed by atoms with Crippen molar-refractivity contribution in [3.8, 4) is 0 Å². The number of nitrogens with zero attached hydrogens (tertiary/aromatic N) is 6. The second kappa shape index (κ2) is 4.18. The van der Waals surface area contributed by atoms with Gasteiger partial charge in [-0.25, -0.2) is 0 Å². The molecule has 2 heterocycles. The molecule has 0 bridgehead atoms. The highest BCUT2D eigenvalue weighted by Gasteiger charge is 2.01. The molecule has 80 valence electrons. The van der Waals surface area contributed by atoms with Crippen LogP contribution in [0.5, 0.6) is 0 Å². The van der Waals surface area contributed by atoms with Crippen molar-refractivity contribution in [1.29, 1.82) is 0 Å². The molecule has 0 amide bonds. The topological polar surface area (TPSA) is 70.7 Å². The fourth-order valence-electron chi connectivity index (χ4n) is 1.18. The van der Waals surface area contributed by atoms with Gasteiger partial charge in [0.15, 0.2) is 0 Å². The van der Waals surface area contributed by atoms with Gasteiger partial charge in [0.25, 0.3) is 0 Å². The Hall–Kier alpha value is -1.76. The molecule has 0 unspecified atom stereocenters. The first kappa shape index (κ1) is 9.78. The standard InChI is InChI=1S/C8H12N6O/c1-13-3-7(9-11-13)5-15-6-8-4-14(2)12-10-8/h3-4H,5-6H2,1-2H3. The molecule has 0 saturated carbocycles. The van der Waals surface area contributed by atoms with Crippen molar-refractivity contribution < 1.29 is 4.74 Å². The molecule has 0 spiro atoms. The van der Waals surface area contributed by atoms with E-state index in [9.17, 15) is 0 Å². The Balaban J connectivity index is 1.80. The van der Waals surface area contributed by atoms with Crippen LogP contribution in [0.1, 0.15) is 11.4 Å². The van der Waals surface area contributed by atoms with E-state index >= 15 is 0 Å². The number of aromatic nitrogens is 6. The van der Waals surface area contributed by atoms with Crippen LogP contribution in [-0.4, -0.2) is 30.0 Å². The SMILES string of the molecule is Cn1cc(COCc2cn(C)nn2)nn1. The first-order chi connectivity index (χ1) is 7.24. The molecule has 15 heavy (non-hydrogen) atoms. The Bertz CT molecular complexity index is 394. The van der Waals surface area contributed by atoms with Crippen LogP contribution in [0.4, 0.5) is 0 Å². The summed E-state index contributed by atoms with van der Waals surface area (Å²) in [7, 11) is 3.64. The maximum absolute atomic E-state index is 5.40. The van der Waals surface area contributed by atoms with Crippen LogP contribution in [0.3, 0.4) is 0 Å². The minimum absolute atomic E-state index is 0.435. The third kappa shape index (κ3) is 2.59. The van der Waals surface area contributed by atoms with Crippen molar-refractivity contribution in [2.24, 2.45) is 14.1 Å². The summed E-state index contributed by atoms with van der Waals surface area (Å²) in [5.41, 5.74) is 1.61. The monoisotopic (exact) mass is 208 g/mol. The van der Waals surface area contributed by atoms with Gasteiger partial charge in [0.1, 0.15) is 11.4 Å². The summed E-state index contributed by atoms with van der Waals surface area (Å²) in [5.74, 6) is 0. The number of hydrogen-bond donors (Lipinski definition) is 0. The van der Waals surface area contributed by atoms with Gasteiger partial charge < -0.3 is 4.74 Å². The van der Waals surface area contributed by atoms with Crippen molar-refractivity contribution in [2.45, 2.75) is 13.2 Å². The van der Waals surface area contributed by atoms with E-state index in [1.165, 1.54) is 0 Å². The highest BCUT2D eigenvalue weighted by atomic mass is 16.5. The molecule has 7 nitrogen and oxygen atoms in total. The molecule has 2 aromatic heterocycles. The highest BCUT2D eigenvalue weighted by Crippen LogP contribution is 1.99. The maximum Gasteiger partial charge on any atom is 0.108 e. The van der Waals surface area contributed by atoms with Gasteiger partial charge in [-0.3, -0.25) is 9.36 Å². The maximum atomic E-state index is 5.40. The zero-order valence-corrected chi connectivity index (χ0v) is 8.66. The van der Waals surface area contributed by atoms with Gasteiger partial charge in [0.2, 0.25) is 0 Å². The van der Waals surface area contributed by atoms with Gasteiger partial charge in [-0.15, -0.1) is 10.2 Å². The summed E-state index contributed by atoms with van der Waals surface area (Å²) >= 11 is 0. The van der Waals surface area contributed by atoms with Crippen molar-refractivity contribution in [2.75, 3.05) is 0 Å². The average Bonchev–Trinajstić information content (AvgIpc) is 2.76. The molecule has 2 aromatic rings. The lowest BCUT2D eigenvalue weighted by Gasteiger charge is -1.96. The van der Waals surface area contributed by atoms with Crippen molar-refractivity contribution in [1.82, 2.24) is 30.0 Å². The molecule has 0 fully saturated rings. The Morgan fingerprint density at radius 3 is 1.80 bits per heavy atom. The number of rotatable bonds is 4. The lowest BCUT2D eigenvalue weighted by atomic mass is 10.5. The second-order valence-corrected chi connectivity index (χ2v) is 3.26. The molecule has 0 radical (unpaired) electrons. The molecule has 0 aromatic carbocycles. The van der Waals surface area contributed by atoms with Gasteiger partial charge in [0.05, 0.1) is 25.6 Å². The Labute approximate surface area is 86.7 Å². The largest absolute Gasteiger partial charge is 0.369 e. The minimum Gasteiger partial charge on any atom is -0.369 e. The van der Waals surface area contributed by atoms with Crippen LogP contribution in [0.2, 0.25) is 0 Å². The molecule has 2 rings (SSSR count). The van der Waals surface area contributed by atoms with E-state index in [-0.39, 0.29) is 0 Å². The number of ether oxygens (including phenoxy) is 1. The molecule has 0 saturated heterocycles. The molecular weight excluding hydrogens is 196 g/mol. The number of aryl methyl sites for hydroxylation is 2. The van der Waals surface area contributed by atoms with Crippen LogP contribution in [0, 0.1) is 0 Å². The van der Waals surface area contributed by atoms with E-state index < -0.39 is 0 Å². The fraction of sp³-hybridized carbons (Fsp3) is 0.500. The predicted molar refractivity (Wildman–Crippen MR) is 50.5 cm³/mol. The summed E-state index contributed by atoms with van der Waals surface area (Å²) in [6, 6.07) is 0. The van der Waals surface area contributed by atoms with E-state index in [4.69, 9.17) is 4.74 Å². The summed E-state index contributed by atoms with van der Waals surface area (Å²) in [6.45, 7) is 0.870. The van der Waals surface area contributed by atoms with E-state index in [0.29, 0.717) is 13.2 Å². The lowest BCUT2D eigenvalue weighted by molar-refractivity contribution is 0.102. The van der Waals surface area contributed by atoms with E-state index in [0.717, 1.165) is 11.4 Å². The fourth-order valence-corrected chi connectivity index (χ4v) is 1.18. The molecule has 0 aliphatic rings. The lowest BCUT2D eigenvalue weighted by Crippen LogP contribution is -1.94. The Morgan fingerprint density at radius 2 is 1.47 bits per heavy atom. The molecule has 0 atom stereocenters. The molecule has 0 aliphatic heterocycles. The summed E-state index contributed by atoms with van der Waals surface area (Å²) in [4.78, 5) is 0. The zero-order chi connectivity index (χ0) is 10.7. The van der Waals surface area contributed by atoms with Crippen LogP contribution in [0.25, 0.3) is 0 Å². The van der Waals surface area contributed by atoms with Gasteiger partial charge in [-0.1, -0.05) is 10.4 Å². The van der Waals surface area contributed by atoms with E-state index in [2.05, 4.69) is 20.6 Å². The highest BCUT2D eigenvalue weighted by molar-refractivity contribution is 4.91. The summed E-state index contributed by atoms with van der Waals surface area (Å²) in [6.07, 6.45) is 3.63. The smallest absolute Gasteiger partial charge is 0.108 e. The van der Waals surface area contributed by atoms with E-state index in [1.54, 1.807) is 9.36 Å². The van der Waals surface area contributed by atoms with Crippen LogP contribution < -0.4 is 0 Å². The van der Waals surface area contributed by atoms with Gasteiger partial charge in [-0.05, 0) is 0 Å². The predicted octanol–water partition coefficient (Wildman–Crippen LogP) is -0.340. The van der Waals surface area contributed by atoms with Crippen molar-refractivity contribution in [3.63, 3.8) is 0 Å². The molecule has 0 N–H and O–H groups in total. The summed E-state index contributed by atoms with van der Waals surface area (Å²) < 4.78 is 8.68. The zero-order valence-electron chi connectivity index (χ0n) is 8.66. The number of hydrogen-bond acceptors (Lipinski definition) is 5. The van der Waals surface area contributed by atoms with Gasteiger partial charge in [-0.2, -0.15) is 0 Å². The average molecular weight is 208 g/mol. The Morgan fingerprint density at radius 1 is 1.00 bits per heavy atom. The quantitative estimate of drug-likeness (QED) is 0.687. The van der Waals surface area contributed by atoms with Crippen LogP contribution in [-0.2, 0) is 32.0 Å². The van der Waals surface area contributed by atoms with Crippen molar-refractivity contribution in [3.05, 3.63) is 23.8 Å². The van der Waals surface area contributed by atoms with Crippen LogP contribution in [0.15, 0.2) is 12.4 Å². The Kier molecular flexibility index (Phi) is 2.72. The van der Waals surface area contributed by atoms with Crippen molar-refractivity contribution >= 4 is 0 Å². The van der Waals surface area contributed by atoms with Gasteiger partial charge >= 0.3 is 0 Å². The third-order valence-corrected chi connectivity index (χ3v) is 1.80. The molecule has 7 heteroatoms. The molecular formula is C8H12N6O. The summed E-state index contributed by atoms with van der Waals surface area (Å²) in [5, 5.41) is 15.4. The van der Waals surface area contributed by atoms with Gasteiger partial charge in [0, 0.05) is 14.1 Å². The van der Waals surface area contributed by atoms with E-state index in [1.807, 2.05) is 26.5 Å². The normalized spacial score (nSPS) is 10.8.